The van der Waals surface area contributed by atoms with E-state index < -0.39 is 0 Å². The molecular formula is C13H18ClN5O. The van der Waals surface area contributed by atoms with E-state index in [0.717, 1.165) is 29.7 Å². The zero-order chi connectivity index (χ0) is 14.4. The van der Waals surface area contributed by atoms with E-state index >= 15 is 0 Å². The van der Waals surface area contributed by atoms with Gasteiger partial charge in [0.1, 0.15) is 17.9 Å². The number of nitrogens with one attached hydrogen (secondary N) is 1. The van der Waals surface area contributed by atoms with Gasteiger partial charge in [0.2, 0.25) is 5.91 Å². The highest BCUT2D eigenvalue weighted by Crippen LogP contribution is 2.26. The van der Waals surface area contributed by atoms with E-state index in [1.807, 2.05) is 25.5 Å². The molecule has 1 fully saturated rings. The Morgan fingerprint density at radius 2 is 2.25 bits per heavy atom. The van der Waals surface area contributed by atoms with Crippen LogP contribution in [0.15, 0.2) is 0 Å². The van der Waals surface area contributed by atoms with Gasteiger partial charge in [0, 0.05) is 13.1 Å². The summed E-state index contributed by atoms with van der Waals surface area (Å²) >= 11 is 6.20. The van der Waals surface area contributed by atoms with Gasteiger partial charge in [-0.05, 0) is 26.7 Å². The van der Waals surface area contributed by atoms with E-state index in [1.165, 1.54) is 0 Å². The molecule has 0 aromatic carbocycles. The van der Waals surface area contributed by atoms with Crippen molar-refractivity contribution in [2.45, 2.75) is 44.7 Å². The number of amides is 1. The molecule has 0 saturated heterocycles. The predicted molar refractivity (Wildman–Crippen MR) is 76.7 cm³/mol. The van der Waals surface area contributed by atoms with Crippen LogP contribution in [0.5, 0.6) is 0 Å². The summed E-state index contributed by atoms with van der Waals surface area (Å²) in [6, 6.07) is 0.353. The Kier molecular flexibility index (Phi) is 3.20. The summed E-state index contributed by atoms with van der Waals surface area (Å²) in [7, 11) is 1.86. The van der Waals surface area contributed by atoms with Crippen LogP contribution in [0.25, 0.3) is 11.2 Å². The highest BCUT2D eigenvalue weighted by atomic mass is 35.5. The standard InChI is InChI=1S/C13H18ClN5O/c1-7(14)12-16-11-8(2)17-18(3)13(11)19(12)6-10(20)15-9-4-5-9/h7,9H,4-6H2,1-3H3,(H,15,20). The van der Waals surface area contributed by atoms with Gasteiger partial charge in [-0.1, -0.05) is 0 Å². The largest absolute Gasteiger partial charge is 0.352 e. The number of aromatic nitrogens is 4. The summed E-state index contributed by atoms with van der Waals surface area (Å²) in [6.45, 7) is 4.01. The van der Waals surface area contributed by atoms with Gasteiger partial charge in [-0.2, -0.15) is 5.10 Å². The van der Waals surface area contributed by atoms with Gasteiger partial charge in [-0.15, -0.1) is 11.6 Å². The third-order valence-electron chi connectivity index (χ3n) is 3.52. The van der Waals surface area contributed by atoms with E-state index in [1.54, 1.807) is 4.68 Å². The van der Waals surface area contributed by atoms with Gasteiger partial charge in [0.25, 0.3) is 0 Å². The zero-order valence-corrected chi connectivity index (χ0v) is 12.6. The normalized spacial score (nSPS) is 16.6. The minimum absolute atomic E-state index is 0.00391. The molecule has 7 heteroatoms. The number of nitrogens with zero attached hydrogens (tertiary/aromatic N) is 4. The van der Waals surface area contributed by atoms with Crippen molar-refractivity contribution in [2.24, 2.45) is 7.05 Å². The molecule has 0 aliphatic heterocycles. The summed E-state index contributed by atoms with van der Waals surface area (Å²) in [4.78, 5) is 16.6. The highest BCUT2D eigenvalue weighted by molar-refractivity contribution is 6.20. The number of carbonyl (C=O) groups is 1. The topological polar surface area (TPSA) is 64.7 Å². The van der Waals surface area contributed by atoms with E-state index in [-0.39, 0.29) is 17.8 Å². The minimum Gasteiger partial charge on any atom is -0.352 e. The first-order valence-corrected chi connectivity index (χ1v) is 7.24. The van der Waals surface area contributed by atoms with Crippen molar-refractivity contribution in [3.8, 4) is 0 Å². The maximum atomic E-state index is 12.1. The number of hydrogen-bond donors (Lipinski definition) is 1. The van der Waals surface area contributed by atoms with Crippen LogP contribution in [-0.4, -0.2) is 31.3 Å². The molecule has 1 aliphatic carbocycles. The molecule has 3 rings (SSSR count). The summed E-state index contributed by atoms with van der Waals surface area (Å²) in [5, 5.41) is 7.09. The fourth-order valence-electron chi connectivity index (χ4n) is 2.46. The molecule has 20 heavy (non-hydrogen) atoms. The summed E-state index contributed by atoms with van der Waals surface area (Å²) in [5.74, 6) is 0.716. The van der Waals surface area contributed by atoms with Crippen LogP contribution in [-0.2, 0) is 18.4 Å². The fraction of sp³-hybridized carbons (Fsp3) is 0.615. The monoisotopic (exact) mass is 295 g/mol. The molecule has 2 aromatic rings. The van der Waals surface area contributed by atoms with Crippen molar-refractivity contribution in [3.05, 3.63) is 11.5 Å². The summed E-state index contributed by atoms with van der Waals surface area (Å²) < 4.78 is 3.62. The van der Waals surface area contributed by atoms with E-state index in [9.17, 15) is 4.79 Å². The molecule has 2 aromatic heterocycles. The summed E-state index contributed by atoms with van der Waals surface area (Å²) in [5.41, 5.74) is 2.51. The van der Waals surface area contributed by atoms with Crippen molar-refractivity contribution in [3.63, 3.8) is 0 Å². The SMILES string of the molecule is Cc1nn(C)c2c1nc(C(C)Cl)n2CC(=O)NC1CC1. The van der Waals surface area contributed by atoms with Crippen molar-refractivity contribution in [1.29, 1.82) is 0 Å². The summed E-state index contributed by atoms with van der Waals surface area (Å²) in [6.07, 6.45) is 2.16. The number of halogens is 1. The maximum absolute atomic E-state index is 12.1. The van der Waals surface area contributed by atoms with Gasteiger partial charge in [-0.25, -0.2) is 4.98 Å². The number of aryl methyl sites for hydroxylation is 2. The molecule has 0 spiro atoms. The predicted octanol–water partition coefficient (Wildman–Crippen LogP) is 1.66. The Labute approximate surface area is 122 Å². The van der Waals surface area contributed by atoms with Gasteiger partial charge < -0.3 is 9.88 Å². The first-order valence-electron chi connectivity index (χ1n) is 6.80. The smallest absolute Gasteiger partial charge is 0.240 e. The third-order valence-corrected chi connectivity index (χ3v) is 3.71. The molecule has 1 atom stereocenters. The molecule has 108 valence electrons. The number of carbonyl (C=O) groups excluding carboxylic acids is 1. The number of imidazole rings is 1. The first kappa shape index (κ1) is 13.4. The fourth-order valence-corrected chi connectivity index (χ4v) is 2.62. The molecule has 1 amide bonds. The quantitative estimate of drug-likeness (QED) is 0.873. The van der Waals surface area contributed by atoms with Crippen LogP contribution >= 0.6 is 11.6 Å². The molecular weight excluding hydrogens is 278 g/mol. The van der Waals surface area contributed by atoms with Crippen molar-refractivity contribution in [1.82, 2.24) is 24.6 Å². The molecule has 0 radical (unpaired) electrons. The molecule has 0 bridgehead atoms. The first-order chi connectivity index (χ1) is 9.47. The van der Waals surface area contributed by atoms with E-state index in [2.05, 4.69) is 15.4 Å². The zero-order valence-electron chi connectivity index (χ0n) is 11.9. The van der Waals surface area contributed by atoms with Crippen molar-refractivity contribution in [2.75, 3.05) is 0 Å². The molecule has 1 saturated carbocycles. The van der Waals surface area contributed by atoms with Crippen LogP contribution in [0.3, 0.4) is 0 Å². The third kappa shape index (κ3) is 2.28. The second kappa shape index (κ2) is 4.77. The molecule has 1 N–H and O–H groups in total. The van der Waals surface area contributed by atoms with Crippen molar-refractivity contribution < 1.29 is 4.79 Å². The Morgan fingerprint density at radius 1 is 1.55 bits per heavy atom. The van der Waals surface area contributed by atoms with Gasteiger partial charge in [0.05, 0.1) is 11.1 Å². The minimum atomic E-state index is -0.254. The second-order valence-corrected chi connectivity index (χ2v) is 6.05. The van der Waals surface area contributed by atoms with Gasteiger partial charge >= 0.3 is 0 Å². The Morgan fingerprint density at radius 3 is 2.85 bits per heavy atom. The number of rotatable bonds is 4. The van der Waals surface area contributed by atoms with Gasteiger partial charge in [0.15, 0.2) is 5.65 Å². The Hall–Kier alpha value is -1.56. The van der Waals surface area contributed by atoms with Crippen LogP contribution < -0.4 is 5.32 Å². The van der Waals surface area contributed by atoms with Crippen LogP contribution in [0.1, 0.15) is 36.7 Å². The lowest BCUT2D eigenvalue weighted by molar-refractivity contribution is -0.121. The maximum Gasteiger partial charge on any atom is 0.240 e. The second-order valence-electron chi connectivity index (χ2n) is 5.40. The average Bonchev–Trinajstić information content (AvgIpc) is 3.00. The highest BCUT2D eigenvalue weighted by Gasteiger charge is 2.26. The van der Waals surface area contributed by atoms with E-state index in [0.29, 0.717) is 11.9 Å². The lowest BCUT2D eigenvalue weighted by atomic mass is 10.4. The lowest BCUT2D eigenvalue weighted by Crippen LogP contribution is -2.30. The lowest BCUT2D eigenvalue weighted by Gasteiger charge is -2.11. The number of fused-ring (bicyclic) bond motifs is 1. The molecule has 1 aliphatic rings. The van der Waals surface area contributed by atoms with Gasteiger partial charge in [-0.3, -0.25) is 9.48 Å². The van der Waals surface area contributed by atoms with Crippen LogP contribution in [0.4, 0.5) is 0 Å². The molecule has 2 heterocycles. The van der Waals surface area contributed by atoms with Crippen molar-refractivity contribution >= 4 is 28.7 Å². The Bertz CT molecular complexity index is 668. The molecule has 6 nitrogen and oxygen atoms in total. The number of alkyl halides is 1. The molecule has 1 unspecified atom stereocenters. The van der Waals surface area contributed by atoms with Crippen LogP contribution in [0.2, 0.25) is 0 Å². The average molecular weight is 296 g/mol. The van der Waals surface area contributed by atoms with E-state index in [4.69, 9.17) is 11.6 Å². The Balaban J connectivity index is 2.01. The number of hydrogen-bond acceptors (Lipinski definition) is 3. The van der Waals surface area contributed by atoms with Crippen LogP contribution in [0, 0.1) is 6.92 Å².